The second kappa shape index (κ2) is 12.2. The molecule has 1 saturated heterocycles. The molecule has 1 aromatic rings. The highest BCUT2D eigenvalue weighted by atomic mass is 16.6. The summed E-state index contributed by atoms with van der Waals surface area (Å²) in [5, 5.41) is 0. The Morgan fingerprint density at radius 1 is 0.833 bits per heavy atom. The van der Waals surface area contributed by atoms with Crippen LogP contribution in [0.3, 0.4) is 0 Å². The molecule has 0 radical (unpaired) electrons. The summed E-state index contributed by atoms with van der Waals surface area (Å²) in [6.45, 7) is 5.31. The van der Waals surface area contributed by atoms with Crippen molar-refractivity contribution in [2.45, 2.75) is 90.3 Å². The molecule has 3 rings (SSSR count). The molecule has 1 aliphatic carbocycles. The van der Waals surface area contributed by atoms with Crippen LogP contribution in [-0.2, 0) is 38.1 Å². The van der Waals surface area contributed by atoms with Crippen molar-refractivity contribution >= 4 is 23.9 Å². The quantitative estimate of drug-likeness (QED) is 0.309. The van der Waals surface area contributed by atoms with E-state index in [2.05, 4.69) is 0 Å². The Kier molecular flexibility index (Phi) is 9.31. The van der Waals surface area contributed by atoms with Crippen molar-refractivity contribution in [3.05, 3.63) is 23.8 Å². The highest BCUT2D eigenvalue weighted by Gasteiger charge is 2.51. The van der Waals surface area contributed by atoms with E-state index in [1.807, 2.05) is 0 Å². The van der Waals surface area contributed by atoms with E-state index >= 15 is 0 Å². The first-order chi connectivity index (χ1) is 17.1. The largest absolute Gasteiger partial charge is 0.496 e. The van der Waals surface area contributed by atoms with Gasteiger partial charge in [0, 0.05) is 32.4 Å². The maximum atomic E-state index is 12.6. The van der Waals surface area contributed by atoms with Gasteiger partial charge in [-0.1, -0.05) is 19.3 Å². The van der Waals surface area contributed by atoms with Crippen molar-refractivity contribution < 1.29 is 47.6 Å². The number of ether oxygens (including phenoxy) is 6. The van der Waals surface area contributed by atoms with E-state index in [1.54, 1.807) is 25.1 Å². The van der Waals surface area contributed by atoms with Crippen LogP contribution < -0.4 is 9.47 Å². The second-order valence-electron chi connectivity index (χ2n) is 9.14. The molecule has 0 amide bonds. The number of rotatable bonds is 7. The fourth-order valence-electron chi connectivity index (χ4n) is 4.79. The Hall–Kier alpha value is -3.14. The Morgan fingerprint density at radius 3 is 2.00 bits per heavy atom. The van der Waals surface area contributed by atoms with Gasteiger partial charge in [0.1, 0.15) is 17.6 Å². The minimum atomic E-state index is -1.14. The zero-order chi connectivity index (χ0) is 26.4. The number of carbonyl (C=O) groups is 4. The number of esters is 4. The van der Waals surface area contributed by atoms with Crippen LogP contribution in [0, 0.1) is 5.92 Å². The zero-order valence-corrected chi connectivity index (χ0v) is 21.3. The summed E-state index contributed by atoms with van der Waals surface area (Å²) in [6, 6.07) is 4.82. The lowest BCUT2D eigenvalue weighted by Crippen LogP contribution is -2.57. The Balaban J connectivity index is 1.93. The predicted molar refractivity (Wildman–Crippen MR) is 125 cm³/mol. The normalized spacial score (nSPS) is 26.4. The summed E-state index contributed by atoms with van der Waals surface area (Å²) in [5.74, 6) is -1.64. The monoisotopic (exact) mass is 506 g/mol. The van der Waals surface area contributed by atoms with Crippen molar-refractivity contribution in [2.75, 3.05) is 7.11 Å². The molecule has 1 aliphatic heterocycles. The summed E-state index contributed by atoms with van der Waals surface area (Å²) in [5.41, 5.74) is 0.478. The summed E-state index contributed by atoms with van der Waals surface area (Å²) in [7, 11) is 1.45. The van der Waals surface area contributed by atoms with Gasteiger partial charge < -0.3 is 28.4 Å². The molecule has 2 fully saturated rings. The zero-order valence-electron chi connectivity index (χ0n) is 21.3. The van der Waals surface area contributed by atoms with Gasteiger partial charge in [0.05, 0.1) is 19.1 Å². The van der Waals surface area contributed by atoms with Crippen molar-refractivity contribution in [1.29, 1.82) is 0 Å². The van der Waals surface area contributed by atoms with Crippen molar-refractivity contribution in [3.8, 4) is 11.5 Å². The number of methoxy groups -OCH3 is 1. The first kappa shape index (κ1) is 27.4. The fraction of sp³-hybridized carbons (Fsp3) is 0.615. The molecule has 0 bridgehead atoms. The van der Waals surface area contributed by atoms with E-state index in [0.29, 0.717) is 17.1 Å². The van der Waals surface area contributed by atoms with E-state index in [0.717, 1.165) is 32.1 Å². The molecule has 0 spiro atoms. The highest BCUT2D eigenvalue weighted by molar-refractivity contribution is 5.75. The van der Waals surface area contributed by atoms with Crippen LogP contribution in [-0.4, -0.2) is 55.4 Å². The van der Waals surface area contributed by atoms with Crippen molar-refractivity contribution in [2.24, 2.45) is 5.92 Å². The van der Waals surface area contributed by atoms with E-state index in [4.69, 9.17) is 28.4 Å². The molecule has 198 valence electrons. The van der Waals surface area contributed by atoms with Crippen LogP contribution in [0.4, 0.5) is 0 Å². The average molecular weight is 507 g/mol. The lowest BCUT2D eigenvalue weighted by molar-refractivity contribution is -0.245. The Morgan fingerprint density at radius 2 is 1.42 bits per heavy atom. The summed E-state index contributed by atoms with van der Waals surface area (Å²) in [4.78, 5) is 48.2. The van der Waals surface area contributed by atoms with Gasteiger partial charge >= 0.3 is 23.9 Å². The standard InChI is InChI=1S/C26H34O10/c1-14-22(33-15(2)27)24(34-16(3)28)25(35-17(4)29)23(32-14)20-12-11-19(13-21(20)31-5)36-26(30)18-9-7-6-8-10-18/h11-14,18,22-25H,6-10H2,1-5H3/t14-,22+,23+,24+,25+/m0/s1. The van der Waals surface area contributed by atoms with E-state index in [1.165, 1.54) is 27.9 Å². The summed E-state index contributed by atoms with van der Waals surface area (Å²) < 4.78 is 33.7. The van der Waals surface area contributed by atoms with Gasteiger partial charge in [-0.15, -0.1) is 0 Å². The SMILES string of the molecule is COc1cc(OC(=O)C2CCCCC2)ccc1[C@H]1O[C@@H](C)[C@@H](OC(C)=O)[C@@H](OC(C)=O)[C@@H]1OC(C)=O. The van der Waals surface area contributed by atoms with Crippen LogP contribution in [0.5, 0.6) is 11.5 Å². The number of benzene rings is 1. The third kappa shape index (κ3) is 6.75. The molecule has 5 atom stereocenters. The smallest absolute Gasteiger partial charge is 0.314 e. The summed E-state index contributed by atoms with van der Waals surface area (Å²) in [6.07, 6.45) is -0.157. The molecular formula is C26H34O10. The van der Waals surface area contributed by atoms with Gasteiger partial charge in [-0.05, 0) is 31.9 Å². The molecule has 10 heteroatoms. The molecule has 1 aromatic carbocycles. The van der Waals surface area contributed by atoms with Gasteiger partial charge in [-0.25, -0.2) is 0 Å². The second-order valence-corrected chi connectivity index (χ2v) is 9.14. The number of carbonyl (C=O) groups excluding carboxylic acids is 4. The first-order valence-corrected chi connectivity index (χ1v) is 12.2. The van der Waals surface area contributed by atoms with Crippen molar-refractivity contribution in [3.63, 3.8) is 0 Å². The minimum Gasteiger partial charge on any atom is -0.496 e. The average Bonchev–Trinajstić information content (AvgIpc) is 2.82. The van der Waals surface area contributed by atoms with Gasteiger partial charge in [0.2, 0.25) is 0 Å². The first-order valence-electron chi connectivity index (χ1n) is 12.2. The molecule has 0 N–H and O–H groups in total. The molecule has 2 aliphatic rings. The molecular weight excluding hydrogens is 472 g/mol. The lowest BCUT2D eigenvalue weighted by atomic mass is 9.89. The number of hydrogen-bond donors (Lipinski definition) is 0. The fourth-order valence-corrected chi connectivity index (χ4v) is 4.79. The van der Waals surface area contributed by atoms with Crippen LogP contribution in [0.1, 0.15) is 71.5 Å². The van der Waals surface area contributed by atoms with Gasteiger partial charge in [0.15, 0.2) is 18.3 Å². The lowest BCUT2D eigenvalue weighted by Gasteiger charge is -2.44. The predicted octanol–water partition coefficient (Wildman–Crippen LogP) is 3.44. The molecule has 1 heterocycles. The van der Waals surface area contributed by atoms with Crippen LogP contribution in [0.15, 0.2) is 18.2 Å². The molecule has 1 saturated carbocycles. The molecule has 0 aromatic heterocycles. The maximum absolute atomic E-state index is 12.6. The van der Waals surface area contributed by atoms with E-state index in [9.17, 15) is 19.2 Å². The van der Waals surface area contributed by atoms with Crippen LogP contribution in [0.25, 0.3) is 0 Å². The van der Waals surface area contributed by atoms with E-state index < -0.39 is 48.4 Å². The molecule has 10 nitrogen and oxygen atoms in total. The van der Waals surface area contributed by atoms with Gasteiger partial charge in [-0.2, -0.15) is 0 Å². The Bertz CT molecular complexity index is 967. The third-order valence-electron chi connectivity index (χ3n) is 6.34. The topological polar surface area (TPSA) is 124 Å². The molecule has 36 heavy (non-hydrogen) atoms. The Labute approximate surface area is 210 Å². The van der Waals surface area contributed by atoms with E-state index in [-0.39, 0.29) is 11.9 Å². The number of hydrogen-bond acceptors (Lipinski definition) is 10. The van der Waals surface area contributed by atoms with Crippen LogP contribution in [0.2, 0.25) is 0 Å². The summed E-state index contributed by atoms with van der Waals surface area (Å²) >= 11 is 0. The highest BCUT2D eigenvalue weighted by Crippen LogP contribution is 2.41. The van der Waals surface area contributed by atoms with Crippen molar-refractivity contribution in [1.82, 2.24) is 0 Å². The van der Waals surface area contributed by atoms with Gasteiger partial charge in [-0.3, -0.25) is 19.2 Å². The minimum absolute atomic E-state index is 0.122. The maximum Gasteiger partial charge on any atom is 0.314 e. The van der Waals surface area contributed by atoms with Gasteiger partial charge in [0.25, 0.3) is 0 Å². The third-order valence-corrected chi connectivity index (χ3v) is 6.34. The molecule has 0 unspecified atom stereocenters. The van der Waals surface area contributed by atoms with Crippen LogP contribution >= 0.6 is 0 Å².